The standard InChI is InChI=1S/C11H10ClN3S.ClH/c12-10-5-8-9(16-10)2-1-7-6-14-15(4-3-13)11(7)8;/h1-2,5-6H,3-4,13H2;1H. The molecule has 6 heteroatoms. The molecule has 0 bridgehead atoms. The number of fused-ring (bicyclic) bond motifs is 3. The van der Waals surface area contributed by atoms with Gasteiger partial charge in [0.1, 0.15) is 0 Å². The second-order valence-corrected chi connectivity index (χ2v) is 5.34. The Morgan fingerprint density at radius 3 is 3.00 bits per heavy atom. The van der Waals surface area contributed by atoms with E-state index < -0.39 is 0 Å². The third-order valence-electron chi connectivity index (χ3n) is 2.61. The van der Waals surface area contributed by atoms with Crippen LogP contribution in [0.25, 0.3) is 21.0 Å². The molecule has 0 aliphatic carbocycles. The lowest BCUT2D eigenvalue weighted by Gasteiger charge is -2.01. The van der Waals surface area contributed by atoms with Crippen molar-refractivity contribution < 1.29 is 0 Å². The number of rotatable bonds is 2. The van der Waals surface area contributed by atoms with Gasteiger partial charge in [0, 0.05) is 22.0 Å². The first-order chi connectivity index (χ1) is 7.79. The van der Waals surface area contributed by atoms with E-state index in [1.807, 2.05) is 16.9 Å². The molecule has 2 aromatic heterocycles. The zero-order chi connectivity index (χ0) is 11.1. The summed E-state index contributed by atoms with van der Waals surface area (Å²) in [7, 11) is 0. The first-order valence-electron chi connectivity index (χ1n) is 5.03. The molecule has 3 nitrogen and oxygen atoms in total. The lowest BCUT2D eigenvalue weighted by atomic mass is 10.2. The van der Waals surface area contributed by atoms with Gasteiger partial charge in [-0.1, -0.05) is 11.6 Å². The van der Waals surface area contributed by atoms with Gasteiger partial charge in [-0.15, -0.1) is 23.7 Å². The molecular weight excluding hydrogens is 277 g/mol. The first kappa shape index (κ1) is 12.6. The number of benzene rings is 1. The van der Waals surface area contributed by atoms with Crippen LogP contribution < -0.4 is 5.73 Å². The Morgan fingerprint density at radius 2 is 2.24 bits per heavy atom. The minimum atomic E-state index is 0. The van der Waals surface area contributed by atoms with E-state index in [0.717, 1.165) is 21.8 Å². The van der Waals surface area contributed by atoms with Gasteiger partial charge in [0.15, 0.2) is 0 Å². The fraction of sp³-hybridized carbons (Fsp3) is 0.182. The van der Waals surface area contributed by atoms with E-state index in [-0.39, 0.29) is 12.4 Å². The van der Waals surface area contributed by atoms with E-state index in [2.05, 4.69) is 17.2 Å². The highest BCUT2D eigenvalue weighted by Gasteiger charge is 2.09. The Labute approximate surface area is 114 Å². The normalized spacial score (nSPS) is 10.9. The smallest absolute Gasteiger partial charge is 0.0941 e. The minimum absolute atomic E-state index is 0. The summed E-state index contributed by atoms with van der Waals surface area (Å²) in [5, 5.41) is 6.64. The average Bonchev–Trinajstić information content (AvgIpc) is 2.81. The average molecular weight is 288 g/mol. The topological polar surface area (TPSA) is 43.8 Å². The number of halogens is 2. The summed E-state index contributed by atoms with van der Waals surface area (Å²) in [4.78, 5) is 0. The third-order valence-corrected chi connectivity index (χ3v) is 3.84. The predicted molar refractivity (Wildman–Crippen MR) is 76.4 cm³/mol. The summed E-state index contributed by atoms with van der Waals surface area (Å²) in [6.45, 7) is 1.32. The SMILES string of the molecule is Cl.NCCn1ncc2ccc3sc(Cl)cc3c21. The fourth-order valence-corrected chi connectivity index (χ4v) is 3.10. The van der Waals surface area contributed by atoms with E-state index in [1.54, 1.807) is 11.3 Å². The van der Waals surface area contributed by atoms with Gasteiger partial charge in [-0.25, -0.2) is 0 Å². The Kier molecular flexibility index (Phi) is 3.58. The van der Waals surface area contributed by atoms with E-state index in [1.165, 1.54) is 10.1 Å². The zero-order valence-corrected chi connectivity index (χ0v) is 11.3. The molecule has 1 aromatic carbocycles. The lowest BCUT2D eigenvalue weighted by molar-refractivity contribution is 0.647. The lowest BCUT2D eigenvalue weighted by Crippen LogP contribution is -2.10. The Morgan fingerprint density at radius 1 is 1.41 bits per heavy atom. The highest BCUT2D eigenvalue weighted by molar-refractivity contribution is 7.22. The summed E-state index contributed by atoms with van der Waals surface area (Å²) in [6.07, 6.45) is 1.87. The molecule has 3 aromatic rings. The molecule has 0 aliphatic rings. The molecule has 0 radical (unpaired) electrons. The number of nitrogens with two attached hydrogens (primary N) is 1. The molecule has 0 fully saturated rings. The fourth-order valence-electron chi connectivity index (χ4n) is 1.96. The van der Waals surface area contributed by atoms with Crippen molar-refractivity contribution in [3.63, 3.8) is 0 Å². The van der Waals surface area contributed by atoms with Crippen LogP contribution in [0, 0.1) is 0 Å². The molecule has 0 aliphatic heterocycles. The molecule has 17 heavy (non-hydrogen) atoms. The molecule has 90 valence electrons. The van der Waals surface area contributed by atoms with E-state index in [0.29, 0.717) is 6.54 Å². The summed E-state index contributed by atoms with van der Waals surface area (Å²) >= 11 is 7.63. The molecule has 3 rings (SSSR count). The van der Waals surface area contributed by atoms with Crippen molar-refractivity contribution >= 4 is 56.3 Å². The number of hydrogen-bond donors (Lipinski definition) is 1. The molecule has 2 heterocycles. The van der Waals surface area contributed by atoms with Crippen molar-refractivity contribution in [2.24, 2.45) is 5.73 Å². The molecule has 0 amide bonds. The zero-order valence-electron chi connectivity index (χ0n) is 8.89. The Balaban J connectivity index is 0.00000108. The van der Waals surface area contributed by atoms with Crippen LogP contribution in [0.2, 0.25) is 4.34 Å². The number of thiophene rings is 1. The monoisotopic (exact) mass is 287 g/mol. The second-order valence-electron chi connectivity index (χ2n) is 3.62. The van der Waals surface area contributed by atoms with Crippen LogP contribution >= 0.6 is 35.3 Å². The van der Waals surface area contributed by atoms with Crippen molar-refractivity contribution in [2.45, 2.75) is 6.54 Å². The predicted octanol–water partition coefficient (Wildman–Crippen LogP) is 3.28. The van der Waals surface area contributed by atoms with Gasteiger partial charge in [-0.05, 0) is 18.2 Å². The third kappa shape index (κ3) is 2.02. The van der Waals surface area contributed by atoms with Gasteiger partial charge in [0.2, 0.25) is 0 Å². The largest absolute Gasteiger partial charge is 0.329 e. The van der Waals surface area contributed by atoms with Crippen molar-refractivity contribution in [1.29, 1.82) is 0 Å². The van der Waals surface area contributed by atoms with Crippen molar-refractivity contribution in [3.05, 3.63) is 28.7 Å². The summed E-state index contributed by atoms with van der Waals surface area (Å²) in [6, 6.07) is 6.16. The molecule has 0 saturated heterocycles. The van der Waals surface area contributed by atoms with E-state index in [9.17, 15) is 0 Å². The Bertz CT molecular complexity index is 659. The minimum Gasteiger partial charge on any atom is -0.329 e. The van der Waals surface area contributed by atoms with E-state index >= 15 is 0 Å². The molecule has 0 spiro atoms. The molecule has 0 saturated carbocycles. The summed E-state index contributed by atoms with van der Waals surface area (Å²) < 4.78 is 3.94. The number of hydrogen-bond acceptors (Lipinski definition) is 3. The molecule has 0 unspecified atom stereocenters. The van der Waals surface area contributed by atoms with Crippen LogP contribution in [0.3, 0.4) is 0 Å². The number of aromatic nitrogens is 2. The first-order valence-corrected chi connectivity index (χ1v) is 6.22. The van der Waals surface area contributed by atoms with Gasteiger partial charge < -0.3 is 5.73 Å². The van der Waals surface area contributed by atoms with Crippen LogP contribution in [-0.2, 0) is 6.54 Å². The second kappa shape index (κ2) is 4.82. The summed E-state index contributed by atoms with van der Waals surface area (Å²) in [5.41, 5.74) is 6.71. The maximum atomic E-state index is 6.04. The number of nitrogens with zero attached hydrogens (tertiary/aromatic N) is 2. The van der Waals surface area contributed by atoms with Gasteiger partial charge in [-0.3, -0.25) is 4.68 Å². The Hall–Kier alpha value is -0.810. The summed E-state index contributed by atoms with van der Waals surface area (Å²) in [5.74, 6) is 0. The van der Waals surface area contributed by atoms with Crippen LogP contribution in [0.4, 0.5) is 0 Å². The van der Waals surface area contributed by atoms with E-state index in [4.69, 9.17) is 17.3 Å². The molecule has 2 N–H and O–H groups in total. The molecule has 0 atom stereocenters. The van der Waals surface area contributed by atoms with Crippen LogP contribution in [0.5, 0.6) is 0 Å². The maximum Gasteiger partial charge on any atom is 0.0941 e. The maximum absolute atomic E-state index is 6.04. The van der Waals surface area contributed by atoms with Crippen LogP contribution in [0.1, 0.15) is 0 Å². The van der Waals surface area contributed by atoms with Gasteiger partial charge in [0.25, 0.3) is 0 Å². The van der Waals surface area contributed by atoms with Crippen molar-refractivity contribution in [3.8, 4) is 0 Å². The van der Waals surface area contributed by atoms with Crippen molar-refractivity contribution in [2.75, 3.05) is 6.54 Å². The van der Waals surface area contributed by atoms with Crippen LogP contribution in [0.15, 0.2) is 24.4 Å². The highest BCUT2D eigenvalue weighted by Crippen LogP contribution is 2.34. The van der Waals surface area contributed by atoms with Gasteiger partial charge >= 0.3 is 0 Å². The van der Waals surface area contributed by atoms with Gasteiger partial charge in [-0.2, -0.15) is 5.10 Å². The van der Waals surface area contributed by atoms with Crippen LogP contribution in [-0.4, -0.2) is 16.3 Å². The quantitative estimate of drug-likeness (QED) is 0.786. The van der Waals surface area contributed by atoms with Crippen molar-refractivity contribution in [1.82, 2.24) is 9.78 Å². The highest BCUT2D eigenvalue weighted by atomic mass is 35.5. The molecular formula is C11H11Cl2N3S. The van der Waals surface area contributed by atoms with Gasteiger partial charge in [0.05, 0.1) is 22.6 Å².